The summed E-state index contributed by atoms with van der Waals surface area (Å²) in [6, 6.07) is 8.45. The number of hydrogen-bond acceptors (Lipinski definition) is 4. The van der Waals surface area contributed by atoms with Gasteiger partial charge < -0.3 is 5.73 Å². The topological polar surface area (TPSA) is 60.0 Å². The number of aryl methyl sites for hydroxylation is 1. The summed E-state index contributed by atoms with van der Waals surface area (Å²) in [6.45, 7) is 5.15. The normalized spacial score (nSPS) is 11.2. The highest BCUT2D eigenvalue weighted by Crippen LogP contribution is 2.10. The molecule has 0 aliphatic heterocycles. The molecule has 0 saturated heterocycles. The Morgan fingerprint density at radius 1 is 1.26 bits per heavy atom. The molecule has 5 heteroatoms. The minimum atomic E-state index is 0.585. The summed E-state index contributed by atoms with van der Waals surface area (Å²) in [6.07, 6.45) is 1.96. The van der Waals surface area contributed by atoms with Crippen molar-refractivity contribution >= 4 is 0 Å². The average Bonchev–Trinajstić information content (AvgIpc) is 2.80. The van der Waals surface area contributed by atoms with E-state index in [-0.39, 0.29) is 0 Å². The summed E-state index contributed by atoms with van der Waals surface area (Å²) in [5.41, 5.74) is 9.13. The number of benzene rings is 1. The van der Waals surface area contributed by atoms with Gasteiger partial charge in [-0.3, -0.25) is 9.58 Å². The van der Waals surface area contributed by atoms with Gasteiger partial charge in [-0.2, -0.15) is 0 Å². The van der Waals surface area contributed by atoms with Gasteiger partial charge in [0.1, 0.15) is 0 Å². The Morgan fingerprint density at radius 2 is 2.05 bits per heavy atom. The maximum Gasteiger partial charge on any atom is 0.0967 e. The van der Waals surface area contributed by atoms with Crippen molar-refractivity contribution in [1.82, 2.24) is 19.9 Å². The second-order valence-electron chi connectivity index (χ2n) is 4.86. The van der Waals surface area contributed by atoms with Gasteiger partial charge in [-0.25, -0.2) is 0 Å². The molecule has 0 aliphatic rings. The predicted molar refractivity (Wildman–Crippen MR) is 75.4 cm³/mol. The lowest BCUT2D eigenvalue weighted by molar-refractivity contribution is 0.314. The highest BCUT2D eigenvalue weighted by atomic mass is 15.4. The highest BCUT2D eigenvalue weighted by Gasteiger charge is 2.06. The smallest absolute Gasteiger partial charge is 0.0967 e. The van der Waals surface area contributed by atoms with Crippen LogP contribution in [0.2, 0.25) is 0 Å². The van der Waals surface area contributed by atoms with Crippen molar-refractivity contribution in [3.05, 3.63) is 47.3 Å². The van der Waals surface area contributed by atoms with Crippen molar-refractivity contribution < 1.29 is 0 Å². The molecule has 0 aliphatic carbocycles. The van der Waals surface area contributed by atoms with Crippen molar-refractivity contribution in [2.45, 2.75) is 26.6 Å². The number of rotatable bonds is 6. The summed E-state index contributed by atoms with van der Waals surface area (Å²) < 4.78 is 1.79. The lowest BCUT2D eigenvalue weighted by Crippen LogP contribution is -2.18. The third-order valence-corrected chi connectivity index (χ3v) is 3.08. The highest BCUT2D eigenvalue weighted by molar-refractivity contribution is 5.25. The van der Waals surface area contributed by atoms with E-state index in [2.05, 4.69) is 53.4 Å². The first kappa shape index (κ1) is 13.7. The summed E-state index contributed by atoms with van der Waals surface area (Å²) in [5, 5.41) is 8.20. The molecule has 0 radical (unpaired) electrons. The molecule has 0 atom stereocenters. The number of hydrogen-bond donors (Lipinski definition) is 1. The largest absolute Gasteiger partial charge is 0.329 e. The lowest BCUT2D eigenvalue weighted by atomic mass is 10.1. The first-order valence-corrected chi connectivity index (χ1v) is 6.51. The zero-order valence-electron chi connectivity index (χ0n) is 11.6. The van der Waals surface area contributed by atoms with Crippen LogP contribution in [-0.4, -0.2) is 33.5 Å². The molecule has 19 heavy (non-hydrogen) atoms. The van der Waals surface area contributed by atoms with E-state index in [0.29, 0.717) is 13.1 Å². The fraction of sp³-hybridized carbons (Fsp3) is 0.429. The molecular weight excluding hydrogens is 238 g/mol. The Labute approximate surface area is 114 Å². The zero-order valence-corrected chi connectivity index (χ0v) is 11.6. The standard InChI is InChI=1S/C14H21N5/c1-12-5-3-4-6-13(12)9-18(2)10-14-11-19(8-7-15)17-16-14/h3-6,11H,7-10,15H2,1-2H3. The van der Waals surface area contributed by atoms with Crippen molar-refractivity contribution in [1.29, 1.82) is 0 Å². The van der Waals surface area contributed by atoms with Gasteiger partial charge in [-0.15, -0.1) is 5.10 Å². The second kappa shape index (κ2) is 6.45. The minimum Gasteiger partial charge on any atom is -0.329 e. The fourth-order valence-corrected chi connectivity index (χ4v) is 2.06. The average molecular weight is 259 g/mol. The van der Waals surface area contributed by atoms with Gasteiger partial charge in [-0.05, 0) is 25.1 Å². The molecule has 0 spiro atoms. The van der Waals surface area contributed by atoms with E-state index in [9.17, 15) is 0 Å². The van der Waals surface area contributed by atoms with Crippen LogP contribution >= 0.6 is 0 Å². The van der Waals surface area contributed by atoms with Crippen molar-refractivity contribution in [3.8, 4) is 0 Å². The quantitative estimate of drug-likeness (QED) is 0.846. The van der Waals surface area contributed by atoms with Gasteiger partial charge in [0.25, 0.3) is 0 Å². The van der Waals surface area contributed by atoms with Gasteiger partial charge >= 0.3 is 0 Å². The van der Waals surface area contributed by atoms with Crippen molar-refractivity contribution in [3.63, 3.8) is 0 Å². The van der Waals surface area contributed by atoms with E-state index < -0.39 is 0 Å². The maximum atomic E-state index is 5.49. The first-order valence-electron chi connectivity index (χ1n) is 6.51. The number of aromatic nitrogens is 3. The number of nitrogens with two attached hydrogens (primary N) is 1. The molecular formula is C14H21N5. The third kappa shape index (κ3) is 3.87. The molecule has 0 fully saturated rings. The fourth-order valence-electron chi connectivity index (χ4n) is 2.06. The Balaban J connectivity index is 1.93. The third-order valence-electron chi connectivity index (χ3n) is 3.08. The van der Waals surface area contributed by atoms with Crippen LogP contribution in [0.15, 0.2) is 30.5 Å². The van der Waals surface area contributed by atoms with E-state index in [4.69, 9.17) is 5.73 Å². The molecule has 2 aromatic rings. The van der Waals surface area contributed by atoms with E-state index >= 15 is 0 Å². The van der Waals surface area contributed by atoms with Gasteiger partial charge in [0.15, 0.2) is 0 Å². The van der Waals surface area contributed by atoms with Crippen LogP contribution in [0, 0.1) is 6.92 Å². The molecule has 1 aromatic carbocycles. The molecule has 102 valence electrons. The molecule has 0 bridgehead atoms. The Bertz CT molecular complexity index is 520. The monoisotopic (exact) mass is 259 g/mol. The van der Waals surface area contributed by atoms with Gasteiger partial charge in [0, 0.05) is 25.8 Å². The van der Waals surface area contributed by atoms with E-state index in [1.807, 2.05) is 6.20 Å². The summed E-state index contributed by atoms with van der Waals surface area (Å²) in [4.78, 5) is 2.24. The van der Waals surface area contributed by atoms with Gasteiger partial charge in [0.2, 0.25) is 0 Å². The Hall–Kier alpha value is -1.72. The van der Waals surface area contributed by atoms with Gasteiger partial charge in [-0.1, -0.05) is 29.5 Å². The molecule has 1 aromatic heterocycles. The second-order valence-corrected chi connectivity index (χ2v) is 4.86. The molecule has 2 N–H and O–H groups in total. The Morgan fingerprint density at radius 3 is 2.79 bits per heavy atom. The van der Waals surface area contributed by atoms with E-state index in [1.165, 1.54) is 11.1 Å². The maximum absolute atomic E-state index is 5.49. The molecule has 2 rings (SSSR count). The molecule has 0 saturated carbocycles. The lowest BCUT2D eigenvalue weighted by Gasteiger charge is -2.16. The van der Waals surface area contributed by atoms with Crippen LogP contribution < -0.4 is 5.73 Å². The molecule has 5 nitrogen and oxygen atoms in total. The van der Waals surface area contributed by atoms with E-state index in [0.717, 1.165) is 18.8 Å². The van der Waals surface area contributed by atoms with Crippen LogP contribution in [0.1, 0.15) is 16.8 Å². The Kier molecular flexibility index (Phi) is 4.65. The van der Waals surface area contributed by atoms with Crippen LogP contribution in [0.4, 0.5) is 0 Å². The van der Waals surface area contributed by atoms with Gasteiger partial charge in [0.05, 0.1) is 12.2 Å². The molecule has 1 heterocycles. The van der Waals surface area contributed by atoms with Crippen LogP contribution in [0.5, 0.6) is 0 Å². The first-order chi connectivity index (χ1) is 9.19. The predicted octanol–water partition coefficient (Wildman–Crippen LogP) is 1.18. The van der Waals surface area contributed by atoms with E-state index in [1.54, 1.807) is 4.68 Å². The summed E-state index contributed by atoms with van der Waals surface area (Å²) in [5.74, 6) is 0. The van der Waals surface area contributed by atoms with Crippen molar-refractivity contribution in [2.75, 3.05) is 13.6 Å². The summed E-state index contributed by atoms with van der Waals surface area (Å²) in [7, 11) is 2.09. The minimum absolute atomic E-state index is 0.585. The zero-order chi connectivity index (χ0) is 13.7. The SMILES string of the molecule is Cc1ccccc1CN(C)Cc1cn(CCN)nn1. The van der Waals surface area contributed by atoms with Crippen molar-refractivity contribution in [2.24, 2.45) is 5.73 Å². The van der Waals surface area contributed by atoms with Crippen LogP contribution in [0.25, 0.3) is 0 Å². The van der Waals surface area contributed by atoms with Crippen LogP contribution in [-0.2, 0) is 19.6 Å². The number of nitrogens with zero attached hydrogens (tertiary/aromatic N) is 4. The summed E-state index contributed by atoms with van der Waals surface area (Å²) >= 11 is 0. The van der Waals surface area contributed by atoms with Crippen LogP contribution in [0.3, 0.4) is 0 Å². The molecule has 0 amide bonds. The molecule has 0 unspecified atom stereocenters.